The molecule has 1 aliphatic rings. The number of ether oxygens (including phenoxy) is 1. The molecular weight excluding hydrogens is 242 g/mol. The van der Waals surface area contributed by atoms with E-state index in [1.165, 1.54) is 0 Å². The summed E-state index contributed by atoms with van der Waals surface area (Å²) in [5.41, 5.74) is 1.95. The van der Waals surface area contributed by atoms with Crippen molar-refractivity contribution >= 4 is 11.7 Å². The Morgan fingerprint density at radius 2 is 2.16 bits per heavy atom. The van der Waals surface area contributed by atoms with Gasteiger partial charge in [0.05, 0.1) is 13.2 Å². The van der Waals surface area contributed by atoms with Crippen LogP contribution in [0.2, 0.25) is 0 Å². The highest BCUT2D eigenvalue weighted by Crippen LogP contribution is 2.08. The van der Waals surface area contributed by atoms with Gasteiger partial charge < -0.3 is 15.4 Å². The maximum Gasteiger partial charge on any atom is 0.319 e. The summed E-state index contributed by atoms with van der Waals surface area (Å²) in [5, 5.41) is 5.69. The molecule has 0 bridgehead atoms. The highest BCUT2D eigenvalue weighted by Gasteiger charge is 2.10. The predicted molar refractivity (Wildman–Crippen MR) is 75.5 cm³/mol. The summed E-state index contributed by atoms with van der Waals surface area (Å²) in [5.74, 6) is 0. The number of hydrogen-bond acceptors (Lipinski definition) is 3. The topological polar surface area (TPSA) is 53.6 Å². The second-order valence-electron chi connectivity index (χ2n) is 4.70. The van der Waals surface area contributed by atoms with Crippen molar-refractivity contribution in [1.82, 2.24) is 10.2 Å². The third kappa shape index (κ3) is 4.89. The van der Waals surface area contributed by atoms with E-state index in [2.05, 4.69) is 15.5 Å². The van der Waals surface area contributed by atoms with Crippen LogP contribution in [-0.4, -0.2) is 50.3 Å². The van der Waals surface area contributed by atoms with Crippen LogP contribution in [0.1, 0.15) is 5.56 Å². The molecule has 2 rings (SSSR count). The van der Waals surface area contributed by atoms with E-state index in [1.54, 1.807) is 0 Å². The van der Waals surface area contributed by atoms with Gasteiger partial charge in [-0.3, -0.25) is 4.90 Å². The van der Waals surface area contributed by atoms with Gasteiger partial charge in [-0.15, -0.1) is 0 Å². The molecule has 0 spiro atoms. The van der Waals surface area contributed by atoms with E-state index >= 15 is 0 Å². The van der Waals surface area contributed by atoms with E-state index in [0.29, 0.717) is 6.54 Å². The molecule has 0 aromatic heterocycles. The van der Waals surface area contributed by atoms with E-state index in [4.69, 9.17) is 4.74 Å². The summed E-state index contributed by atoms with van der Waals surface area (Å²) in [6.45, 7) is 6.98. The van der Waals surface area contributed by atoms with E-state index in [9.17, 15) is 4.79 Å². The lowest BCUT2D eigenvalue weighted by atomic mass is 10.2. The Kier molecular flexibility index (Phi) is 5.18. The van der Waals surface area contributed by atoms with Crippen molar-refractivity contribution in [2.24, 2.45) is 0 Å². The van der Waals surface area contributed by atoms with Gasteiger partial charge in [0.15, 0.2) is 0 Å². The molecule has 1 fully saturated rings. The first-order valence-corrected chi connectivity index (χ1v) is 6.66. The van der Waals surface area contributed by atoms with Crippen molar-refractivity contribution in [2.45, 2.75) is 6.92 Å². The minimum absolute atomic E-state index is 0.154. The Morgan fingerprint density at radius 3 is 2.89 bits per heavy atom. The van der Waals surface area contributed by atoms with Crippen LogP contribution in [0.4, 0.5) is 10.5 Å². The zero-order chi connectivity index (χ0) is 13.5. The fraction of sp³-hybridized carbons (Fsp3) is 0.500. The number of aryl methyl sites for hydroxylation is 1. The second kappa shape index (κ2) is 7.11. The fourth-order valence-electron chi connectivity index (χ4n) is 2.05. The van der Waals surface area contributed by atoms with Crippen molar-refractivity contribution < 1.29 is 9.53 Å². The van der Waals surface area contributed by atoms with Gasteiger partial charge in [0, 0.05) is 31.9 Å². The number of nitrogens with zero attached hydrogens (tertiary/aromatic N) is 1. The molecule has 0 aliphatic carbocycles. The number of hydrogen-bond donors (Lipinski definition) is 2. The number of amides is 2. The molecule has 2 amide bonds. The zero-order valence-electron chi connectivity index (χ0n) is 11.3. The summed E-state index contributed by atoms with van der Waals surface area (Å²) < 4.78 is 5.28. The van der Waals surface area contributed by atoms with Gasteiger partial charge in [0.2, 0.25) is 0 Å². The molecule has 5 nitrogen and oxygen atoms in total. The molecule has 1 saturated heterocycles. The molecule has 19 heavy (non-hydrogen) atoms. The average Bonchev–Trinajstić information content (AvgIpc) is 2.40. The summed E-state index contributed by atoms with van der Waals surface area (Å²) in [6, 6.07) is 7.61. The lowest BCUT2D eigenvalue weighted by Gasteiger charge is -2.26. The van der Waals surface area contributed by atoms with Gasteiger partial charge >= 0.3 is 6.03 Å². The normalized spacial score (nSPS) is 16.1. The van der Waals surface area contributed by atoms with Gasteiger partial charge in [-0.1, -0.05) is 12.1 Å². The summed E-state index contributed by atoms with van der Waals surface area (Å²) in [4.78, 5) is 14.0. The molecule has 0 radical (unpaired) electrons. The van der Waals surface area contributed by atoms with Crippen molar-refractivity contribution in [1.29, 1.82) is 0 Å². The SMILES string of the molecule is Cc1cccc(NC(=O)NCCN2CCOCC2)c1. The molecule has 2 N–H and O–H groups in total. The molecule has 0 unspecified atom stereocenters. The van der Waals surface area contributed by atoms with Crippen LogP contribution < -0.4 is 10.6 Å². The lowest BCUT2D eigenvalue weighted by Crippen LogP contribution is -2.42. The van der Waals surface area contributed by atoms with Crippen molar-refractivity contribution in [3.8, 4) is 0 Å². The monoisotopic (exact) mass is 263 g/mol. The second-order valence-corrected chi connectivity index (χ2v) is 4.70. The first kappa shape index (κ1) is 13.8. The van der Waals surface area contributed by atoms with Crippen LogP contribution in [0.15, 0.2) is 24.3 Å². The molecule has 104 valence electrons. The Bertz CT molecular complexity index is 417. The average molecular weight is 263 g/mol. The largest absolute Gasteiger partial charge is 0.379 e. The molecule has 1 aliphatic heterocycles. The zero-order valence-corrected chi connectivity index (χ0v) is 11.3. The maximum atomic E-state index is 11.7. The Morgan fingerprint density at radius 1 is 1.37 bits per heavy atom. The Labute approximate surface area is 113 Å². The Hall–Kier alpha value is -1.59. The van der Waals surface area contributed by atoms with Gasteiger partial charge in [0.1, 0.15) is 0 Å². The number of benzene rings is 1. The van der Waals surface area contributed by atoms with Gasteiger partial charge in [-0.2, -0.15) is 0 Å². The number of carbonyl (C=O) groups is 1. The minimum Gasteiger partial charge on any atom is -0.379 e. The van der Waals surface area contributed by atoms with Crippen LogP contribution >= 0.6 is 0 Å². The maximum absolute atomic E-state index is 11.7. The number of anilines is 1. The van der Waals surface area contributed by atoms with E-state index in [1.807, 2.05) is 31.2 Å². The van der Waals surface area contributed by atoms with E-state index in [0.717, 1.165) is 44.1 Å². The van der Waals surface area contributed by atoms with Crippen LogP contribution in [0, 0.1) is 6.92 Å². The third-order valence-corrected chi connectivity index (χ3v) is 3.09. The fourth-order valence-corrected chi connectivity index (χ4v) is 2.05. The minimum atomic E-state index is -0.154. The van der Waals surface area contributed by atoms with Crippen molar-refractivity contribution in [2.75, 3.05) is 44.7 Å². The quantitative estimate of drug-likeness (QED) is 0.864. The summed E-state index contributed by atoms with van der Waals surface area (Å²) in [6.07, 6.45) is 0. The number of rotatable bonds is 4. The van der Waals surface area contributed by atoms with Crippen molar-refractivity contribution in [3.05, 3.63) is 29.8 Å². The summed E-state index contributed by atoms with van der Waals surface area (Å²) in [7, 11) is 0. The first-order valence-electron chi connectivity index (χ1n) is 6.66. The molecular formula is C14H21N3O2. The molecule has 5 heteroatoms. The molecule has 0 saturated carbocycles. The lowest BCUT2D eigenvalue weighted by molar-refractivity contribution is 0.0388. The molecule has 1 aromatic carbocycles. The molecule has 1 aromatic rings. The highest BCUT2D eigenvalue weighted by atomic mass is 16.5. The Balaban J connectivity index is 1.67. The van der Waals surface area contributed by atoms with Crippen LogP contribution in [0.3, 0.4) is 0 Å². The number of nitrogens with one attached hydrogen (secondary N) is 2. The van der Waals surface area contributed by atoms with Gasteiger partial charge in [-0.05, 0) is 24.6 Å². The molecule has 0 atom stereocenters. The van der Waals surface area contributed by atoms with Crippen molar-refractivity contribution in [3.63, 3.8) is 0 Å². The standard InChI is InChI=1S/C14H21N3O2/c1-12-3-2-4-13(11-12)16-14(18)15-5-6-17-7-9-19-10-8-17/h2-4,11H,5-10H2,1H3,(H2,15,16,18). The summed E-state index contributed by atoms with van der Waals surface area (Å²) >= 11 is 0. The van der Waals surface area contributed by atoms with E-state index < -0.39 is 0 Å². The third-order valence-electron chi connectivity index (χ3n) is 3.09. The predicted octanol–water partition coefficient (Wildman–Crippen LogP) is 1.45. The van der Waals surface area contributed by atoms with Crippen LogP contribution in [-0.2, 0) is 4.74 Å². The van der Waals surface area contributed by atoms with Gasteiger partial charge in [-0.25, -0.2) is 4.79 Å². The molecule has 1 heterocycles. The highest BCUT2D eigenvalue weighted by molar-refractivity contribution is 5.89. The number of carbonyl (C=O) groups excluding carboxylic acids is 1. The smallest absolute Gasteiger partial charge is 0.319 e. The van der Waals surface area contributed by atoms with Gasteiger partial charge in [0.25, 0.3) is 0 Å². The number of urea groups is 1. The number of morpholine rings is 1. The van der Waals surface area contributed by atoms with Crippen LogP contribution in [0.25, 0.3) is 0 Å². The van der Waals surface area contributed by atoms with Crippen LogP contribution in [0.5, 0.6) is 0 Å². The first-order chi connectivity index (χ1) is 9.24. The van der Waals surface area contributed by atoms with E-state index in [-0.39, 0.29) is 6.03 Å².